The average Bonchev–Trinajstić information content (AvgIpc) is 3.29. The summed E-state index contributed by atoms with van der Waals surface area (Å²) in [7, 11) is 0. The van der Waals surface area contributed by atoms with E-state index in [4.69, 9.17) is 21.9 Å². The molecule has 9 heteroatoms. The molecule has 0 bridgehead atoms. The zero-order valence-corrected chi connectivity index (χ0v) is 29.6. The number of aliphatic imine (C=N–C) groups is 1. The van der Waals surface area contributed by atoms with Crippen LogP contribution in [0.15, 0.2) is 4.99 Å². The first-order chi connectivity index (χ1) is 20.6. The lowest BCUT2D eigenvalue weighted by atomic mass is 9.35. The van der Waals surface area contributed by atoms with Crippen LogP contribution in [0, 0.1) is 45.3 Å². The summed E-state index contributed by atoms with van der Waals surface area (Å²) in [6.45, 7) is 17.9. The standard InChI is InChI=1S/C36H66N4O5/c1-31(2,43)15-10-16-36(8,44)22-12-18-35(7)28(22)24(41)21-26-33(5)17-14-27(32(3,4)25(33)13-19-34(26,35)6)45-29(42)23(37)11-9-20-40-30(38)39/h22-28,41,43-44H,9-21,37H2,1-8H3,(H4,38,39,40)/t22-,23-,24+,25-,26+,27-,28-,33-,34+,35+,36+/m0/s1. The van der Waals surface area contributed by atoms with Crippen molar-refractivity contribution in [2.75, 3.05) is 6.54 Å². The summed E-state index contributed by atoms with van der Waals surface area (Å²) < 4.78 is 6.17. The lowest BCUT2D eigenvalue weighted by Gasteiger charge is -2.70. The Hall–Kier alpha value is -1.42. The Morgan fingerprint density at radius 1 is 0.933 bits per heavy atom. The minimum absolute atomic E-state index is 0.00392. The number of esters is 1. The summed E-state index contributed by atoms with van der Waals surface area (Å²) in [5, 5.41) is 34.1. The summed E-state index contributed by atoms with van der Waals surface area (Å²) in [4.78, 5) is 17.1. The zero-order valence-electron chi connectivity index (χ0n) is 29.6. The molecule has 0 amide bonds. The van der Waals surface area contributed by atoms with Gasteiger partial charge in [-0.2, -0.15) is 0 Å². The highest BCUT2D eigenvalue weighted by Crippen LogP contribution is 2.76. The van der Waals surface area contributed by atoms with E-state index in [-0.39, 0.29) is 51.5 Å². The maximum Gasteiger partial charge on any atom is 0.323 e. The largest absolute Gasteiger partial charge is 0.461 e. The molecule has 0 aromatic heterocycles. The molecule has 0 aromatic rings. The smallest absolute Gasteiger partial charge is 0.323 e. The van der Waals surface area contributed by atoms with Crippen molar-refractivity contribution in [3.05, 3.63) is 0 Å². The molecule has 0 aliphatic heterocycles. The first-order valence-corrected chi connectivity index (χ1v) is 17.7. The average molecular weight is 635 g/mol. The van der Waals surface area contributed by atoms with Crippen molar-refractivity contribution in [1.29, 1.82) is 0 Å². The third-order valence-electron chi connectivity index (χ3n) is 14.1. The third kappa shape index (κ3) is 6.66. The molecule has 0 unspecified atom stereocenters. The molecule has 11 atom stereocenters. The minimum Gasteiger partial charge on any atom is -0.461 e. The number of aliphatic hydroxyl groups excluding tert-OH is 1. The fourth-order valence-corrected chi connectivity index (χ4v) is 11.6. The lowest BCUT2D eigenvalue weighted by molar-refractivity contribution is -0.249. The second-order valence-corrected chi connectivity index (χ2v) is 17.8. The van der Waals surface area contributed by atoms with Crippen LogP contribution in [-0.4, -0.2) is 63.2 Å². The van der Waals surface area contributed by atoms with Gasteiger partial charge in [-0.25, -0.2) is 0 Å². The van der Waals surface area contributed by atoms with Crippen molar-refractivity contribution < 1.29 is 24.9 Å². The van der Waals surface area contributed by atoms with Gasteiger partial charge in [-0.1, -0.05) is 34.6 Å². The predicted octanol–water partition coefficient (Wildman–Crippen LogP) is 4.63. The number of carbonyl (C=O) groups excluding carboxylic acids is 1. The molecule has 9 N–H and O–H groups in total. The Kier molecular flexibility index (Phi) is 10.2. The van der Waals surface area contributed by atoms with Gasteiger partial charge in [-0.05, 0) is 138 Å². The number of guanidine groups is 1. The molecular formula is C36H66N4O5. The van der Waals surface area contributed by atoms with E-state index >= 15 is 0 Å². The Bertz CT molecular complexity index is 1100. The van der Waals surface area contributed by atoms with Crippen LogP contribution in [-0.2, 0) is 9.53 Å². The molecule has 0 radical (unpaired) electrons. The molecular weight excluding hydrogens is 568 g/mol. The number of ether oxygens (including phenoxy) is 1. The van der Waals surface area contributed by atoms with E-state index in [1.54, 1.807) is 0 Å². The van der Waals surface area contributed by atoms with Crippen molar-refractivity contribution in [2.24, 2.45) is 67.5 Å². The van der Waals surface area contributed by atoms with Crippen molar-refractivity contribution >= 4 is 11.9 Å². The van der Waals surface area contributed by atoms with Crippen LogP contribution in [0.5, 0.6) is 0 Å². The van der Waals surface area contributed by atoms with Crippen LogP contribution in [0.1, 0.15) is 132 Å². The summed E-state index contributed by atoms with van der Waals surface area (Å²) in [5.74, 6) is 0.467. The van der Waals surface area contributed by atoms with Crippen LogP contribution < -0.4 is 17.2 Å². The van der Waals surface area contributed by atoms with Crippen LogP contribution in [0.4, 0.5) is 0 Å². The van der Waals surface area contributed by atoms with Crippen molar-refractivity contribution in [1.82, 2.24) is 0 Å². The van der Waals surface area contributed by atoms with E-state index in [9.17, 15) is 20.1 Å². The zero-order chi connectivity index (χ0) is 33.8. The summed E-state index contributed by atoms with van der Waals surface area (Å²) >= 11 is 0. The molecule has 0 spiro atoms. The van der Waals surface area contributed by atoms with Gasteiger partial charge < -0.3 is 37.3 Å². The maximum absolute atomic E-state index is 13.1. The van der Waals surface area contributed by atoms with Gasteiger partial charge in [0.1, 0.15) is 12.1 Å². The highest BCUT2D eigenvalue weighted by Gasteiger charge is 2.71. The van der Waals surface area contributed by atoms with Crippen LogP contribution in [0.2, 0.25) is 0 Å². The number of rotatable bonds is 11. The quantitative estimate of drug-likeness (QED) is 0.0825. The fraction of sp³-hybridized carbons (Fsp3) is 0.944. The fourth-order valence-electron chi connectivity index (χ4n) is 11.6. The third-order valence-corrected chi connectivity index (χ3v) is 14.1. The van der Waals surface area contributed by atoms with Gasteiger partial charge in [0, 0.05) is 12.0 Å². The van der Waals surface area contributed by atoms with Gasteiger partial charge in [0.25, 0.3) is 0 Å². The monoisotopic (exact) mass is 635 g/mol. The number of aliphatic hydroxyl groups is 3. The molecule has 4 rings (SSSR count). The first-order valence-electron chi connectivity index (χ1n) is 17.7. The molecule has 4 saturated carbocycles. The van der Waals surface area contributed by atoms with Crippen molar-refractivity contribution in [3.8, 4) is 0 Å². The van der Waals surface area contributed by atoms with Crippen molar-refractivity contribution in [2.45, 2.75) is 162 Å². The maximum atomic E-state index is 13.1. The number of nitrogens with two attached hydrogens (primary N) is 3. The number of hydrogen-bond donors (Lipinski definition) is 6. The van der Waals surface area contributed by atoms with Gasteiger partial charge in [0.05, 0.1) is 17.3 Å². The van der Waals surface area contributed by atoms with Crippen molar-refractivity contribution in [3.63, 3.8) is 0 Å². The molecule has 45 heavy (non-hydrogen) atoms. The van der Waals surface area contributed by atoms with E-state index in [1.165, 1.54) is 0 Å². The van der Waals surface area contributed by atoms with Crippen LogP contribution >= 0.6 is 0 Å². The van der Waals surface area contributed by atoms with Gasteiger partial charge >= 0.3 is 5.97 Å². The SMILES string of the molecule is CC(C)(O)CCC[C@@](C)(O)[C@H]1CC[C@]2(C)[C@@H]1[C@H](O)C[C@@H]1[C@@]3(C)CC[C@H](OC(=O)[C@@H](N)CCCN=C(N)N)C(C)(C)[C@@H]3CC[C@]12C. The molecule has 4 aliphatic carbocycles. The Balaban J connectivity index is 1.50. The molecule has 0 aromatic carbocycles. The summed E-state index contributed by atoms with van der Waals surface area (Å²) in [6.07, 6.45) is 9.00. The predicted molar refractivity (Wildman–Crippen MR) is 179 cm³/mol. The van der Waals surface area contributed by atoms with E-state index < -0.39 is 23.3 Å². The Morgan fingerprint density at radius 3 is 2.20 bits per heavy atom. The summed E-state index contributed by atoms with van der Waals surface area (Å²) in [6, 6.07) is -0.703. The number of carbonyl (C=O) groups is 1. The Labute approximate surface area is 272 Å². The van der Waals surface area contributed by atoms with Gasteiger partial charge in [-0.3, -0.25) is 9.79 Å². The van der Waals surface area contributed by atoms with Gasteiger partial charge in [-0.15, -0.1) is 0 Å². The molecule has 4 fully saturated rings. The first kappa shape index (κ1) is 36.4. The highest BCUT2D eigenvalue weighted by atomic mass is 16.5. The topological polar surface area (TPSA) is 177 Å². The normalized spacial score (nSPS) is 41.2. The van der Waals surface area contributed by atoms with E-state index in [0.717, 1.165) is 51.4 Å². The molecule has 9 nitrogen and oxygen atoms in total. The van der Waals surface area contributed by atoms with E-state index in [0.29, 0.717) is 44.1 Å². The number of nitrogens with zero attached hydrogens (tertiary/aromatic N) is 1. The molecule has 0 heterocycles. The van der Waals surface area contributed by atoms with E-state index in [1.807, 2.05) is 20.8 Å². The Morgan fingerprint density at radius 2 is 1.58 bits per heavy atom. The minimum atomic E-state index is -0.880. The molecule has 4 aliphatic rings. The number of fused-ring (bicyclic) bond motifs is 5. The second kappa shape index (κ2) is 12.6. The van der Waals surface area contributed by atoms with Gasteiger partial charge in [0.15, 0.2) is 5.96 Å². The second-order valence-electron chi connectivity index (χ2n) is 17.8. The van der Waals surface area contributed by atoms with Crippen LogP contribution in [0.25, 0.3) is 0 Å². The number of hydrogen-bond acceptors (Lipinski definition) is 7. The van der Waals surface area contributed by atoms with Gasteiger partial charge in [0.2, 0.25) is 0 Å². The van der Waals surface area contributed by atoms with E-state index in [2.05, 4.69) is 39.6 Å². The molecule has 0 saturated heterocycles. The lowest BCUT2D eigenvalue weighted by Crippen LogP contribution is -2.66. The van der Waals surface area contributed by atoms with Crippen LogP contribution in [0.3, 0.4) is 0 Å². The highest BCUT2D eigenvalue weighted by molar-refractivity contribution is 5.76. The summed E-state index contributed by atoms with van der Waals surface area (Å²) in [5.41, 5.74) is 15.1. The molecule has 260 valence electrons.